The first-order valence-electron chi connectivity index (χ1n) is 8.47. The minimum Gasteiger partial charge on any atom is -0.496 e. The maximum atomic E-state index is 12.2. The smallest absolute Gasteiger partial charge is 0.279 e. The number of hydrogen-bond donors (Lipinski definition) is 2. The standard InChI is InChI=1S/C21H20N2O4/c1-14(27-17-12-11-15-7-3-4-8-16(15)13-17)20(24)22-23-21(25)18-9-5-6-10-19(18)26-2/h3-14H,1-2H3,(H,22,24)(H,23,25)/t14-/m0/s1. The lowest BCUT2D eigenvalue weighted by Crippen LogP contribution is -2.47. The lowest BCUT2D eigenvalue weighted by molar-refractivity contribution is -0.128. The van der Waals surface area contributed by atoms with Gasteiger partial charge in [0.05, 0.1) is 12.7 Å². The van der Waals surface area contributed by atoms with Crippen LogP contribution in [0.5, 0.6) is 11.5 Å². The second kappa shape index (κ2) is 8.23. The fourth-order valence-electron chi connectivity index (χ4n) is 2.62. The fraction of sp³-hybridized carbons (Fsp3) is 0.143. The molecule has 0 heterocycles. The van der Waals surface area contributed by atoms with E-state index in [2.05, 4.69) is 10.9 Å². The molecule has 138 valence electrons. The number of nitrogens with one attached hydrogen (secondary N) is 2. The van der Waals surface area contributed by atoms with E-state index in [-0.39, 0.29) is 0 Å². The molecule has 3 aromatic carbocycles. The van der Waals surface area contributed by atoms with Crippen molar-refractivity contribution in [3.8, 4) is 11.5 Å². The highest BCUT2D eigenvalue weighted by atomic mass is 16.5. The van der Waals surface area contributed by atoms with E-state index in [0.29, 0.717) is 17.1 Å². The van der Waals surface area contributed by atoms with Crippen molar-refractivity contribution in [3.63, 3.8) is 0 Å². The Balaban J connectivity index is 1.59. The molecule has 0 radical (unpaired) electrons. The third kappa shape index (κ3) is 4.36. The van der Waals surface area contributed by atoms with Crippen molar-refractivity contribution in [3.05, 3.63) is 72.3 Å². The van der Waals surface area contributed by atoms with Gasteiger partial charge in [0.1, 0.15) is 11.5 Å². The summed E-state index contributed by atoms with van der Waals surface area (Å²) in [5.41, 5.74) is 5.06. The summed E-state index contributed by atoms with van der Waals surface area (Å²) in [5, 5.41) is 2.11. The Bertz CT molecular complexity index is 971. The van der Waals surface area contributed by atoms with Crippen LogP contribution in [0.1, 0.15) is 17.3 Å². The van der Waals surface area contributed by atoms with E-state index < -0.39 is 17.9 Å². The largest absolute Gasteiger partial charge is 0.496 e. The van der Waals surface area contributed by atoms with Crippen LogP contribution in [0.15, 0.2) is 66.7 Å². The summed E-state index contributed by atoms with van der Waals surface area (Å²) < 4.78 is 10.8. The Labute approximate surface area is 157 Å². The topological polar surface area (TPSA) is 76.7 Å². The highest BCUT2D eigenvalue weighted by Crippen LogP contribution is 2.21. The zero-order valence-corrected chi connectivity index (χ0v) is 15.1. The van der Waals surface area contributed by atoms with E-state index in [1.54, 1.807) is 37.3 Å². The number of hydrogen-bond acceptors (Lipinski definition) is 4. The number of methoxy groups -OCH3 is 1. The van der Waals surface area contributed by atoms with Crippen molar-refractivity contribution < 1.29 is 19.1 Å². The Kier molecular flexibility index (Phi) is 5.56. The molecule has 27 heavy (non-hydrogen) atoms. The van der Waals surface area contributed by atoms with E-state index in [1.807, 2.05) is 36.4 Å². The molecular weight excluding hydrogens is 344 g/mol. The Hall–Kier alpha value is -3.54. The lowest BCUT2D eigenvalue weighted by atomic mass is 10.1. The number of benzene rings is 3. The van der Waals surface area contributed by atoms with Crippen molar-refractivity contribution >= 4 is 22.6 Å². The van der Waals surface area contributed by atoms with Crippen LogP contribution >= 0.6 is 0 Å². The quantitative estimate of drug-likeness (QED) is 0.682. The summed E-state index contributed by atoms with van der Waals surface area (Å²) in [5.74, 6) is 0.0576. The second-order valence-corrected chi connectivity index (χ2v) is 5.91. The van der Waals surface area contributed by atoms with Crippen LogP contribution in [0.25, 0.3) is 10.8 Å². The van der Waals surface area contributed by atoms with Gasteiger partial charge in [-0.05, 0) is 42.0 Å². The normalized spacial score (nSPS) is 11.5. The van der Waals surface area contributed by atoms with Crippen LogP contribution in [-0.4, -0.2) is 25.0 Å². The predicted molar refractivity (Wildman–Crippen MR) is 103 cm³/mol. The van der Waals surface area contributed by atoms with Crippen molar-refractivity contribution in [2.75, 3.05) is 7.11 Å². The van der Waals surface area contributed by atoms with Gasteiger partial charge in [-0.1, -0.05) is 42.5 Å². The first kappa shape index (κ1) is 18.3. The SMILES string of the molecule is COc1ccccc1C(=O)NNC(=O)[C@H](C)Oc1ccc2ccccc2c1. The van der Waals surface area contributed by atoms with E-state index in [4.69, 9.17) is 9.47 Å². The molecule has 0 saturated carbocycles. The number of carbonyl (C=O) groups excluding carboxylic acids is 2. The molecule has 2 N–H and O–H groups in total. The van der Waals surface area contributed by atoms with Crippen LogP contribution < -0.4 is 20.3 Å². The molecule has 6 nitrogen and oxygen atoms in total. The predicted octanol–water partition coefficient (Wildman–Crippen LogP) is 3.08. The Morgan fingerprint density at radius 2 is 1.59 bits per heavy atom. The molecule has 0 fully saturated rings. The maximum absolute atomic E-state index is 12.2. The summed E-state index contributed by atoms with van der Waals surface area (Å²) in [6.07, 6.45) is -0.788. The number of ether oxygens (including phenoxy) is 2. The summed E-state index contributed by atoms with van der Waals surface area (Å²) >= 11 is 0. The van der Waals surface area contributed by atoms with Gasteiger partial charge >= 0.3 is 0 Å². The number of fused-ring (bicyclic) bond motifs is 1. The van der Waals surface area contributed by atoms with E-state index >= 15 is 0 Å². The van der Waals surface area contributed by atoms with Crippen LogP contribution in [0.4, 0.5) is 0 Å². The minimum atomic E-state index is -0.788. The van der Waals surface area contributed by atoms with Gasteiger partial charge in [0.15, 0.2) is 6.10 Å². The van der Waals surface area contributed by atoms with Gasteiger partial charge in [-0.3, -0.25) is 20.4 Å². The highest BCUT2D eigenvalue weighted by molar-refractivity contribution is 5.98. The van der Waals surface area contributed by atoms with Crippen LogP contribution in [0.2, 0.25) is 0 Å². The van der Waals surface area contributed by atoms with Gasteiger partial charge in [-0.2, -0.15) is 0 Å². The summed E-state index contributed by atoms with van der Waals surface area (Å²) in [7, 11) is 1.48. The highest BCUT2D eigenvalue weighted by Gasteiger charge is 2.17. The molecule has 0 aliphatic rings. The summed E-state index contributed by atoms with van der Waals surface area (Å²) in [6.45, 7) is 1.61. The second-order valence-electron chi connectivity index (χ2n) is 5.91. The monoisotopic (exact) mass is 364 g/mol. The molecule has 6 heteroatoms. The van der Waals surface area contributed by atoms with Crippen molar-refractivity contribution in [1.82, 2.24) is 10.9 Å². The lowest BCUT2D eigenvalue weighted by Gasteiger charge is -2.16. The molecule has 0 aliphatic heterocycles. The first-order chi connectivity index (χ1) is 13.1. The summed E-state index contributed by atoms with van der Waals surface area (Å²) in [4.78, 5) is 24.4. The number of hydrazine groups is 1. The first-order valence-corrected chi connectivity index (χ1v) is 8.47. The molecule has 0 spiro atoms. The Morgan fingerprint density at radius 3 is 2.37 bits per heavy atom. The Morgan fingerprint density at radius 1 is 0.889 bits per heavy atom. The van der Waals surface area contributed by atoms with Crippen LogP contribution in [0.3, 0.4) is 0 Å². The molecule has 2 amide bonds. The minimum absolute atomic E-state index is 0.323. The molecule has 3 aromatic rings. The molecule has 0 bridgehead atoms. The van der Waals surface area contributed by atoms with Crippen molar-refractivity contribution in [2.45, 2.75) is 13.0 Å². The number of carbonyl (C=O) groups is 2. The van der Waals surface area contributed by atoms with E-state index in [9.17, 15) is 9.59 Å². The van der Waals surface area contributed by atoms with Gasteiger partial charge in [0.25, 0.3) is 11.8 Å². The number of para-hydroxylation sites is 1. The number of rotatable bonds is 5. The third-order valence-corrected chi connectivity index (χ3v) is 4.05. The fourth-order valence-corrected chi connectivity index (χ4v) is 2.62. The zero-order chi connectivity index (χ0) is 19.2. The van der Waals surface area contributed by atoms with E-state index in [1.165, 1.54) is 7.11 Å². The average molecular weight is 364 g/mol. The third-order valence-electron chi connectivity index (χ3n) is 4.05. The summed E-state index contributed by atoms with van der Waals surface area (Å²) in [6, 6.07) is 20.2. The van der Waals surface area contributed by atoms with Crippen LogP contribution in [-0.2, 0) is 4.79 Å². The molecule has 0 aromatic heterocycles. The molecule has 3 rings (SSSR count). The molecule has 0 saturated heterocycles. The van der Waals surface area contributed by atoms with Crippen molar-refractivity contribution in [1.29, 1.82) is 0 Å². The molecule has 1 atom stereocenters. The van der Waals surface area contributed by atoms with Gasteiger partial charge < -0.3 is 9.47 Å². The van der Waals surface area contributed by atoms with Gasteiger partial charge in [-0.25, -0.2) is 0 Å². The van der Waals surface area contributed by atoms with Crippen molar-refractivity contribution in [2.24, 2.45) is 0 Å². The molecule has 0 aliphatic carbocycles. The van der Waals surface area contributed by atoms with Gasteiger partial charge in [-0.15, -0.1) is 0 Å². The average Bonchev–Trinajstić information content (AvgIpc) is 2.71. The van der Waals surface area contributed by atoms with Gasteiger partial charge in [0.2, 0.25) is 0 Å². The molecule has 0 unspecified atom stereocenters. The maximum Gasteiger partial charge on any atom is 0.279 e. The van der Waals surface area contributed by atoms with E-state index in [0.717, 1.165) is 10.8 Å². The zero-order valence-electron chi connectivity index (χ0n) is 15.1. The van der Waals surface area contributed by atoms with Gasteiger partial charge in [0, 0.05) is 0 Å². The molecular formula is C21H20N2O4. The number of amides is 2. The van der Waals surface area contributed by atoms with Crippen LogP contribution in [0, 0.1) is 0 Å².